The zero-order chi connectivity index (χ0) is 13.1. The van der Waals surface area contributed by atoms with Crippen molar-refractivity contribution in [3.8, 4) is 0 Å². The van der Waals surface area contributed by atoms with Crippen molar-refractivity contribution in [1.29, 1.82) is 0 Å². The summed E-state index contributed by atoms with van der Waals surface area (Å²) in [6.45, 7) is 8.22. The summed E-state index contributed by atoms with van der Waals surface area (Å²) in [4.78, 5) is 22.4. The van der Waals surface area contributed by atoms with E-state index in [0.717, 1.165) is 33.1 Å². The van der Waals surface area contributed by atoms with E-state index in [0.29, 0.717) is 0 Å². The van der Waals surface area contributed by atoms with Gasteiger partial charge >= 0.3 is 0 Å². The SMILES string of the molecule is CC(=O)O.CCN1CC2(CNC2)O[C@H](C)C1=O. The predicted molar refractivity (Wildman–Crippen MR) is 61.7 cm³/mol. The first-order chi connectivity index (χ1) is 7.90. The quantitative estimate of drug-likeness (QED) is 0.661. The second-order valence-corrected chi connectivity index (χ2v) is 4.42. The van der Waals surface area contributed by atoms with Crippen LogP contribution in [0.15, 0.2) is 0 Å². The first-order valence-electron chi connectivity index (χ1n) is 5.77. The molecule has 2 N–H and O–H groups in total. The van der Waals surface area contributed by atoms with Gasteiger partial charge in [-0.05, 0) is 13.8 Å². The van der Waals surface area contributed by atoms with Gasteiger partial charge in [0.1, 0.15) is 11.7 Å². The molecule has 1 amide bonds. The second-order valence-electron chi connectivity index (χ2n) is 4.42. The van der Waals surface area contributed by atoms with Gasteiger partial charge in [-0.2, -0.15) is 0 Å². The second kappa shape index (κ2) is 5.46. The molecule has 2 aliphatic heterocycles. The summed E-state index contributed by atoms with van der Waals surface area (Å²) in [5.74, 6) is -0.708. The Kier molecular flexibility index (Phi) is 4.47. The van der Waals surface area contributed by atoms with Crippen LogP contribution in [-0.2, 0) is 14.3 Å². The lowest BCUT2D eigenvalue weighted by atomic mass is 9.93. The Morgan fingerprint density at radius 3 is 2.53 bits per heavy atom. The predicted octanol–water partition coefficient (Wildman–Crippen LogP) is -0.313. The van der Waals surface area contributed by atoms with Gasteiger partial charge in [0.2, 0.25) is 0 Å². The number of amides is 1. The fourth-order valence-electron chi connectivity index (χ4n) is 2.01. The minimum absolute atomic E-state index is 0.0800. The van der Waals surface area contributed by atoms with Crippen molar-refractivity contribution in [2.24, 2.45) is 0 Å². The van der Waals surface area contributed by atoms with Gasteiger partial charge in [0.05, 0.1) is 6.54 Å². The highest BCUT2D eigenvalue weighted by atomic mass is 16.5. The fraction of sp³-hybridized carbons (Fsp3) is 0.818. The van der Waals surface area contributed by atoms with Crippen molar-refractivity contribution in [1.82, 2.24) is 10.2 Å². The normalized spacial score (nSPS) is 25.9. The zero-order valence-electron chi connectivity index (χ0n) is 10.5. The Labute approximate surface area is 101 Å². The van der Waals surface area contributed by atoms with E-state index in [4.69, 9.17) is 14.6 Å². The van der Waals surface area contributed by atoms with E-state index in [-0.39, 0.29) is 17.6 Å². The van der Waals surface area contributed by atoms with E-state index in [1.54, 1.807) is 0 Å². The molecule has 1 atom stereocenters. The molecule has 1 spiro atoms. The number of nitrogens with zero attached hydrogens (tertiary/aromatic N) is 1. The van der Waals surface area contributed by atoms with Crippen molar-refractivity contribution in [2.45, 2.75) is 32.5 Å². The monoisotopic (exact) mass is 244 g/mol. The third-order valence-electron chi connectivity index (χ3n) is 2.84. The van der Waals surface area contributed by atoms with Gasteiger partial charge in [-0.3, -0.25) is 9.59 Å². The van der Waals surface area contributed by atoms with Crippen molar-refractivity contribution < 1.29 is 19.4 Å². The van der Waals surface area contributed by atoms with Crippen LogP contribution in [0.2, 0.25) is 0 Å². The van der Waals surface area contributed by atoms with E-state index in [2.05, 4.69) is 5.32 Å². The number of carboxylic acids is 1. The number of ether oxygens (including phenoxy) is 1. The highest BCUT2D eigenvalue weighted by Gasteiger charge is 2.46. The van der Waals surface area contributed by atoms with Crippen LogP contribution in [0, 0.1) is 0 Å². The molecule has 0 radical (unpaired) electrons. The topological polar surface area (TPSA) is 78.9 Å². The highest BCUT2D eigenvalue weighted by Crippen LogP contribution is 2.25. The minimum atomic E-state index is -0.833. The lowest BCUT2D eigenvalue weighted by Crippen LogP contribution is -2.71. The van der Waals surface area contributed by atoms with Gasteiger partial charge in [-0.15, -0.1) is 0 Å². The molecule has 6 nitrogen and oxygen atoms in total. The van der Waals surface area contributed by atoms with Crippen molar-refractivity contribution in [3.05, 3.63) is 0 Å². The Morgan fingerprint density at radius 2 is 2.18 bits per heavy atom. The number of carboxylic acid groups (broad SMARTS) is 1. The van der Waals surface area contributed by atoms with Crippen molar-refractivity contribution >= 4 is 11.9 Å². The summed E-state index contributed by atoms with van der Waals surface area (Å²) < 4.78 is 5.70. The van der Waals surface area contributed by atoms with E-state index < -0.39 is 5.97 Å². The average Bonchev–Trinajstić information content (AvgIpc) is 2.19. The Balaban J connectivity index is 0.000000317. The number of carbonyl (C=O) groups excluding carboxylic acids is 1. The average molecular weight is 244 g/mol. The molecule has 2 aliphatic rings. The summed E-state index contributed by atoms with van der Waals surface area (Å²) in [7, 11) is 0. The van der Waals surface area contributed by atoms with Crippen LogP contribution in [-0.4, -0.2) is 59.8 Å². The smallest absolute Gasteiger partial charge is 0.300 e. The Hall–Kier alpha value is -1.14. The summed E-state index contributed by atoms with van der Waals surface area (Å²) in [5.41, 5.74) is -0.0800. The van der Waals surface area contributed by atoms with Gasteiger partial charge < -0.3 is 20.1 Å². The first-order valence-corrected chi connectivity index (χ1v) is 5.77. The summed E-state index contributed by atoms with van der Waals surface area (Å²) in [6, 6.07) is 0. The van der Waals surface area contributed by atoms with E-state index >= 15 is 0 Å². The number of hydrogen-bond acceptors (Lipinski definition) is 4. The summed E-state index contributed by atoms with van der Waals surface area (Å²) >= 11 is 0. The molecule has 98 valence electrons. The maximum Gasteiger partial charge on any atom is 0.300 e. The third kappa shape index (κ3) is 3.41. The molecule has 2 heterocycles. The first kappa shape index (κ1) is 13.9. The van der Waals surface area contributed by atoms with Crippen molar-refractivity contribution in [2.75, 3.05) is 26.2 Å². The number of nitrogens with one attached hydrogen (secondary N) is 1. The van der Waals surface area contributed by atoms with Crippen LogP contribution >= 0.6 is 0 Å². The molecule has 0 aromatic rings. The number of hydrogen-bond donors (Lipinski definition) is 2. The lowest BCUT2D eigenvalue weighted by molar-refractivity contribution is -0.189. The molecule has 0 aliphatic carbocycles. The highest BCUT2D eigenvalue weighted by molar-refractivity contribution is 5.81. The van der Waals surface area contributed by atoms with Gasteiger partial charge in [-0.1, -0.05) is 0 Å². The van der Waals surface area contributed by atoms with Crippen LogP contribution in [0.4, 0.5) is 0 Å². The Bertz CT molecular complexity index is 298. The molecule has 17 heavy (non-hydrogen) atoms. The number of likely N-dealkylation sites (N-methyl/N-ethyl adjacent to an activating group) is 1. The van der Waals surface area contributed by atoms with Crippen LogP contribution in [0.3, 0.4) is 0 Å². The van der Waals surface area contributed by atoms with E-state index in [9.17, 15) is 4.79 Å². The van der Waals surface area contributed by atoms with E-state index in [1.165, 1.54) is 0 Å². The maximum absolute atomic E-state index is 11.6. The third-order valence-corrected chi connectivity index (χ3v) is 2.84. The van der Waals surface area contributed by atoms with E-state index in [1.807, 2.05) is 18.7 Å². The van der Waals surface area contributed by atoms with Gasteiger partial charge in [0, 0.05) is 26.6 Å². The summed E-state index contributed by atoms with van der Waals surface area (Å²) in [6.07, 6.45) is -0.268. The van der Waals surface area contributed by atoms with Crippen molar-refractivity contribution in [3.63, 3.8) is 0 Å². The van der Waals surface area contributed by atoms with Crippen LogP contribution in [0.5, 0.6) is 0 Å². The number of rotatable bonds is 1. The number of carbonyl (C=O) groups is 2. The molecule has 0 bridgehead atoms. The number of aliphatic carboxylic acids is 1. The Morgan fingerprint density at radius 1 is 1.65 bits per heavy atom. The molecule has 0 aromatic carbocycles. The standard InChI is InChI=1S/C9H16N2O2.C2H4O2/c1-3-11-6-9(4-10-5-9)13-7(2)8(11)12;1-2(3)4/h7,10H,3-6H2,1-2H3;1H3,(H,3,4)/t7-;/m1./s1. The van der Waals surface area contributed by atoms with Crippen LogP contribution < -0.4 is 5.32 Å². The summed E-state index contributed by atoms with van der Waals surface area (Å²) in [5, 5.41) is 10.6. The molecular formula is C11H20N2O4. The largest absolute Gasteiger partial charge is 0.481 e. The number of morpholine rings is 1. The van der Waals surface area contributed by atoms with Crippen LogP contribution in [0.25, 0.3) is 0 Å². The minimum Gasteiger partial charge on any atom is -0.481 e. The molecule has 2 rings (SSSR count). The molecule has 6 heteroatoms. The lowest BCUT2D eigenvalue weighted by Gasteiger charge is -2.50. The molecule has 2 saturated heterocycles. The molecule has 2 fully saturated rings. The van der Waals surface area contributed by atoms with Crippen LogP contribution in [0.1, 0.15) is 20.8 Å². The molecule has 0 unspecified atom stereocenters. The van der Waals surface area contributed by atoms with Gasteiger partial charge in [-0.25, -0.2) is 0 Å². The van der Waals surface area contributed by atoms with Gasteiger partial charge in [0.25, 0.3) is 11.9 Å². The maximum atomic E-state index is 11.6. The molecular weight excluding hydrogens is 224 g/mol. The van der Waals surface area contributed by atoms with Gasteiger partial charge in [0.15, 0.2) is 0 Å². The molecule has 0 saturated carbocycles. The fourth-order valence-corrected chi connectivity index (χ4v) is 2.01. The molecule has 0 aromatic heterocycles. The zero-order valence-corrected chi connectivity index (χ0v) is 10.5.